The van der Waals surface area contributed by atoms with Gasteiger partial charge in [0.25, 0.3) is 0 Å². The fourth-order valence-corrected chi connectivity index (χ4v) is 3.80. The Bertz CT molecular complexity index is 579. The van der Waals surface area contributed by atoms with Crippen molar-refractivity contribution < 1.29 is 13.2 Å². The Morgan fingerprint density at radius 1 is 1.55 bits per heavy atom. The van der Waals surface area contributed by atoms with E-state index in [4.69, 9.17) is 0 Å². The topological polar surface area (TPSA) is 93.9 Å². The van der Waals surface area contributed by atoms with E-state index in [9.17, 15) is 13.2 Å². The lowest BCUT2D eigenvalue weighted by atomic mass is 10.1. The van der Waals surface area contributed by atoms with E-state index in [0.29, 0.717) is 12.4 Å². The molecule has 0 spiro atoms. The van der Waals surface area contributed by atoms with Crippen LogP contribution >= 0.6 is 0 Å². The molecule has 112 valence electrons. The maximum Gasteiger partial charge on any atom is 0.153 e. The number of rotatable bonds is 5. The van der Waals surface area contributed by atoms with Gasteiger partial charge in [0.05, 0.1) is 17.9 Å². The molecule has 1 aliphatic rings. The van der Waals surface area contributed by atoms with Gasteiger partial charge in [0, 0.05) is 25.0 Å². The molecule has 0 bridgehead atoms. The van der Waals surface area contributed by atoms with Gasteiger partial charge in [0.2, 0.25) is 0 Å². The second kappa shape index (κ2) is 6.01. The van der Waals surface area contributed by atoms with E-state index in [1.54, 1.807) is 4.68 Å². The number of sulfone groups is 1. The number of nitrogens with one attached hydrogen (secondary N) is 1. The Kier molecular flexibility index (Phi) is 4.54. The predicted molar refractivity (Wildman–Crippen MR) is 74.2 cm³/mol. The van der Waals surface area contributed by atoms with Gasteiger partial charge in [-0.3, -0.25) is 4.79 Å². The molecule has 0 saturated carbocycles. The minimum absolute atomic E-state index is 0.0190. The normalized spacial score (nSPS) is 22.1. The minimum atomic E-state index is -3.01. The summed E-state index contributed by atoms with van der Waals surface area (Å²) in [5, 5.41) is 7.16. The fourth-order valence-electron chi connectivity index (χ4n) is 2.35. The van der Waals surface area contributed by atoms with E-state index in [1.165, 1.54) is 6.33 Å². The van der Waals surface area contributed by atoms with E-state index in [-0.39, 0.29) is 42.2 Å². The lowest BCUT2D eigenvalue weighted by Gasteiger charge is -2.23. The molecule has 1 unspecified atom stereocenters. The first-order chi connectivity index (χ1) is 9.37. The summed E-state index contributed by atoms with van der Waals surface area (Å²) in [6.07, 6.45) is 1.84. The van der Waals surface area contributed by atoms with Crippen molar-refractivity contribution in [3.63, 3.8) is 0 Å². The molecule has 1 fully saturated rings. The number of hydrogen-bond acceptors (Lipinski definition) is 6. The molecule has 1 aromatic rings. The van der Waals surface area contributed by atoms with Crippen LogP contribution in [0.15, 0.2) is 6.33 Å². The Balaban J connectivity index is 1.94. The van der Waals surface area contributed by atoms with Gasteiger partial charge in [0.15, 0.2) is 9.84 Å². The van der Waals surface area contributed by atoms with Crippen molar-refractivity contribution in [1.82, 2.24) is 20.1 Å². The summed E-state index contributed by atoms with van der Waals surface area (Å²) in [6.45, 7) is 4.36. The highest BCUT2D eigenvalue weighted by Crippen LogP contribution is 2.10. The van der Waals surface area contributed by atoms with Crippen LogP contribution < -0.4 is 5.32 Å². The van der Waals surface area contributed by atoms with Gasteiger partial charge in [-0.2, -0.15) is 5.10 Å². The Morgan fingerprint density at radius 3 is 2.95 bits per heavy atom. The molecule has 7 nitrogen and oxygen atoms in total. The summed E-state index contributed by atoms with van der Waals surface area (Å²) < 4.78 is 24.8. The second-order valence-corrected chi connectivity index (χ2v) is 7.63. The number of aromatic nitrogens is 3. The highest BCUT2D eigenvalue weighted by molar-refractivity contribution is 7.91. The maximum absolute atomic E-state index is 12.0. The first-order valence-electron chi connectivity index (χ1n) is 6.71. The Hall–Kier alpha value is -1.28. The third-order valence-corrected chi connectivity index (χ3v) is 5.00. The lowest BCUT2D eigenvalue weighted by Crippen LogP contribution is -2.46. The molecule has 1 saturated heterocycles. The molecule has 1 N–H and O–H groups in total. The molecule has 8 heteroatoms. The van der Waals surface area contributed by atoms with E-state index in [0.717, 1.165) is 0 Å². The van der Waals surface area contributed by atoms with Gasteiger partial charge in [-0.15, -0.1) is 0 Å². The zero-order valence-electron chi connectivity index (χ0n) is 11.7. The van der Waals surface area contributed by atoms with E-state index < -0.39 is 9.84 Å². The van der Waals surface area contributed by atoms with Crippen molar-refractivity contribution in [3.05, 3.63) is 12.2 Å². The molecule has 1 aliphatic heterocycles. The zero-order chi connectivity index (χ0) is 14.8. The van der Waals surface area contributed by atoms with Crippen LogP contribution in [0.4, 0.5) is 0 Å². The minimum Gasteiger partial charge on any atom is -0.312 e. The van der Waals surface area contributed by atoms with Gasteiger partial charge in [0.1, 0.15) is 17.9 Å². The molecule has 0 aromatic carbocycles. The van der Waals surface area contributed by atoms with Crippen LogP contribution in [0.3, 0.4) is 0 Å². The number of nitrogens with zero attached hydrogens (tertiary/aromatic N) is 3. The second-order valence-electron chi connectivity index (χ2n) is 5.40. The fraction of sp³-hybridized carbons (Fsp3) is 0.750. The molecule has 0 radical (unpaired) electrons. The number of carbonyl (C=O) groups is 1. The zero-order valence-corrected chi connectivity index (χ0v) is 12.6. The summed E-state index contributed by atoms with van der Waals surface area (Å²) in [6, 6.07) is -0.134. The van der Waals surface area contributed by atoms with Crippen LogP contribution in [-0.2, 0) is 21.1 Å². The molecule has 0 aliphatic carbocycles. The Labute approximate surface area is 118 Å². The smallest absolute Gasteiger partial charge is 0.153 e. The summed E-state index contributed by atoms with van der Waals surface area (Å²) in [5.41, 5.74) is 0. The molecule has 2 rings (SSSR count). The monoisotopic (exact) mass is 300 g/mol. The lowest BCUT2D eigenvalue weighted by molar-refractivity contribution is -0.119. The third kappa shape index (κ3) is 3.86. The SMILES string of the molecule is CC(C)n1ncnc1CC(=O)CC1CS(=O)(=O)CCN1. The summed E-state index contributed by atoms with van der Waals surface area (Å²) in [5.74, 6) is 0.799. The highest BCUT2D eigenvalue weighted by atomic mass is 32.2. The van der Waals surface area contributed by atoms with Gasteiger partial charge in [-0.05, 0) is 13.8 Å². The number of carbonyl (C=O) groups excluding carboxylic acids is 1. The Morgan fingerprint density at radius 2 is 2.30 bits per heavy atom. The molecule has 2 heterocycles. The van der Waals surface area contributed by atoms with Crippen LogP contribution in [0.2, 0.25) is 0 Å². The van der Waals surface area contributed by atoms with Crippen LogP contribution in [0.5, 0.6) is 0 Å². The van der Waals surface area contributed by atoms with Crippen LogP contribution in [0.25, 0.3) is 0 Å². The quantitative estimate of drug-likeness (QED) is 0.805. The van der Waals surface area contributed by atoms with Gasteiger partial charge in [-0.1, -0.05) is 0 Å². The first-order valence-corrected chi connectivity index (χ1v) is 8.53. The van der Waals surface area contributed by atoms with Crippen LogP contribution in [-0.4, -0.2) is 53.1 Å². The van der Waals surface area contributed by atoms with E-state index >= 15 is 0 Å². The molecular formula is C12H20N4O3S. The van der Waals surface area contributed by atoms with Gasteiger partial charge >= 0.3 is 0 Å². The summed E-state index contributed by atoms with van der Waals surface area (Å²) in [7, 11) is -3.01. The average Bonchev–Trinajstić information content (AvgIpc) is 2.75. The molecule has 1 atom stereocenters. The van der Waals surface area contributed by atoms with Crippen LogP contribution in [0, 0.1) is 0 Å². The van der Waals surface area contributed by atoms with Crippen molar-refractivity contribution in [1.29, 1.82) is 0 Å². The van der Waals surface area contributed by atoms with Gasteiger partial charge in [-0.25, -0.2) is 18.1 Å². The summed E-state index contributed by atoms with van der Waals surface area (Å²) >= 11 is 0. The first kappa shape index (κ1) is 15.1. The molecular weight excluding hydrogens is 280 g/mol. The maximum atomic E-state index is 12.0. The van der Waals surface area contributed by atoms with Crippen molar-refractivity contribution >= 4 is 15.6 Å². The van der Waals surface area contributed by atoms with Crippen molar-refractivity contribution in [2.75, 3.05) is 18.1 Å². The van der Waals surface area contributed by atoms with E-state index in [2.05, 4.69) is 15.4 Å². The standard InChI is InChI=1S/C12H20N4O3S/c1-9(2)16-12(14-8-15-16)6-11(17)5-10-7-20(18,19)4-3-13-10/h8-10,13H,3-7H2,1-2H3. The van der Waals surface area contributed by atoms with E-state index in [1.807, 2.05) is 13.8 Å². The number of ketones is 1. The largest absolute Gasteiger partial charge is 0.312 e. The van der Waals surface area contributed by atoms with Crippen LogP contribution in [0.1, 0.15) is 32.1 Å². The van der Waals surface area contributed by atoms with Gasteiger partial charge < -0.3 is 5.32 Å². The molecule has 20 heavy (non-hydrogen) atoms. The van der Waals surface area contributed by atoms with Crippen molar-refractivity contribution in [2.45, 2.75) is 38.8 Å². The molecule has 1 aromatic heterocycles. The highest BCUT2D eigenvalue weighted by Gasteiger charge is 2.26. The number of hydrogen-bond donors (Lipinski definition) is 1. The predicted octanol–water partition coefficient (Wildman–Crippen LogP) is -0.253. The average molecular weight is 300 g/mol. The summed E-state index contributed by atoms with van der Waals surface area (Å²) in [4.78, 5) is 16.1. The number of Topliss-reactive ketones (excluding diaryl/α,β-unsaturated/α-hetero) is 1. The van der Waals surface area contributed by atoms with Crippen molar-refractivity contribution in [3.8, 4) is 0 Å². The molecule has 0 amide bonds. The third-order valence-electron chi connectivity index (χ3n) is 3.27. The van der Waals surface area contributed by atoms with Crippen molar-refractivity contribution in [2.24, 2.45) is 0 Å².